The zero-order valence-electron chi connectivity index (χ0n) is 13.6. The van der Waals surface area contributed by atoms with Gasteiger partial charge in [-0.2, -0.15) is 0 Å². The van der Waals surface area contributed by atoms with Crippen LogP contribution in [-0.4, -0.2) is 5.78 Å². The van der Waals surface area contributed by atoms with Crippen molar-refractivity contribution in [2.24, 2.45) is 0 Å². The Bertz CT molecular complexity index is 852. The van der Waals surface area contributed by atoms with Crippen molar-refractivity contribution in [2.45, 2.75) is 16.6 Å². The summed E-state index contributed by atoms with van der Waals surface area (Å²) in [6.07, 6.45) is 0.404. The molecular weight excluding hydrogens is 350 g/mol. The van der Waals surface area contributed by atoms with Crippen molar-refractivity contribution in [1.82, 2.24) is 0 Å². The van der Waals surface area contributed by atoms with E-state index in [9.17, 15) is 4.79 Å². The van der Waals surface area contributed by atoms with Gasteiger partial charge in [-0.1, -0.05) is 72.3 Å². The molecule has 0 amide bonds. The number of rotatable bonds is 6. The van der Waals surface area contributed by atoms with Gasteiger partial charge in [0.1, 0.15) is 0 Å². The summed E-state index contributed by atoms with van der Waals surface area (Å²) in [7, 11) is 0. The fourth-order valence-electron chi connectivity index (χ4n) is 2.59. The molecule has 0 aliphatic rings. The number of thioether (sulfide) groups is 1. The monoisotopic (exact) mass is 367 g/mol. The van der Waals surface area contributed by atoms with E-state index in [1.807, 2.05) is 72.8 Å². The number of hydrogen-bond acceptors (Lipinski definition) is 3. The highest BCUT2D eigenvalue weighted by molar-refractivity contribution is 7.99. The van der Waals surface area contributed by atoms with Crippen molar-refractivity contribution >= 4 is 34.8 Å². The summed E-state index contributed by atoms with van der Waals surface area (Å²) in [6.45, 7) is 0. The predicted octanol–water partition coefficient (Wildman–Crippen LogP) is 6.03. The van der Waals surface area contributed by atoms with E-state index in [4.69, 9.17) is 17.3 Å². The van der Waals surface area contributed by atoms with Crippen LogP contribution in [0.25, 0.3) is 0 Å². The molecule has 2 N–H and O–H groups in total. The first-order valence-corrected chi connectivity index (χ1v) is 9.24. The molecule has 1 unspecified atom stereocenters. The molecule has 3 aromatic carbocycles. The summed E-state index contributed by atoms with van der Waals surface area (Å²) in [4.78, 5) is 13.6. The SMILES string of the molecule is Nc1cc(Cl)ccc1SC(CC(=O)c1ccccc1)c1ccccc1. The molecule has 126 valence electrons. The molecule has 3 rings (SSSR count). The van der Waals surface area contributed by atoms with Crippen molar-refractivity contribution in [3.05, 3.63) is 95.0 Å². The molecule has 0 aliphatic heterocycles. The highest BCUT2D eigenvalue weighted by atomic mass is 35.5. The zero-order valence-corrected chi connectivity index (χ0v) is 15.1. The van der Waals surface area contributed by atoms with Gasteiger partial charge in [0.2, 0.25) is 0 Å². The largest absolute Gasteiger partial charge is 0.398 e. The number of ketones is 1. The molecule has 0 saturated carbocycles. The fraction of sp³-hybridized carbons (Fsp3) is 0.0952. The van der Waals surface area contributed by atoms with E-state index < -0.39 is 0 Å². The van der Waals surface area contributed by atoms with E-state index in [1.54, 1.807) is 17.8 Å². The number of nitrogen functional groups attached to an aromatic ring is 1. The average molecular weight is 368 g/mol. The minimum absolute atomic E-state index is 0.0163. The van der Waals surface area contributed by atoms with Gasteiger partial charge < -0.3 is 5.73 Å². The first-order chi connectivity index (χ1) is 12.1. The molecule has 0 aromatic heterocycles. The Morgan fingerprint density at radius 3 is 2.24 bits per heavy atom. The van der Waals surface area contributed by atoms with E-state index in [2.05, 4.69) is 0 Å². The van der Waals surface area contributed by atoms with Gasteiger partial charge in [-0.25, -0.2) is 0 Å². The van der Waals surface area contributed by atoms with Gasteiger partial charge in [0.15, 0.2) is 5.78 Å². The number of Topliss-reactive ketones (excluding diaryl/α,β-unsaturated/α-hetero) is 1. The first kappa shape index (κ1) is 17.6. The summed E-state index contributed by atoms with van der Waals surface area (Å²) in [5.41, 5.74) is 8.56. The lowest BCUT2D eigenvalue weighted by Crippen LogP contribution is -2.05. The zero-order chi connectivity index (χ0) is 17.6. The Balaban J connectivity index is 1.86. The van der Waals surface area contributed by atoms with Crippen LogP contribution in [0, 0.1) is 0 Å². The molecule has 0 heterocycles. The Morgan fingerprint density at radius 2 is 1.60 bits per heavy atom. The second-order valence-electron chi connectivity index (χ2n) is 5.69. The lowest BCUT2D eigenvalue weighted by Gasteiger charge is -2.18. The van der Waals surface area contributed by atoms with Gasteiger partial charge in [-0.15, -0.1) is 11.8 Å². The van der Waals surface area contributed by atoms with Gasteiger partial charge in [-0.3, -0.25) is 4.79 Å². The summed E-state index contributed by atoms with van der Waals surface area (Å²) in [6, 6.07) is 24.9. The Morgan fingerprint density at radius 1 is 0.960 bits per heavy atom. The molecule has 3 aromatic rings. The third kappa shape index (κ3) is 4.65. The molecule has 25 heavy (non-hydrogen) atoms. The van der Waals surface area contributed by atoms with Crippen LogP contribution in [0.2, 0.25) is 5.02 Å². The lowest BCUT2D eigenvalue weighted by molar-refractivity contribution is 0.0982. The Kier molecular flexibility index (Phi) is 5.79. The van der Waals surface area contributed by atoms with E-state index >= 15 is 0 Å². The number of carbonyl (C=O) groups is 1. The molecule has 0 aliphatic carbocycles. The lowest BCUT2D eigenvalue weighted by atomic mass is 10.0. The summed E-state index contributed by atoms with van der Waals surface area (Å²) >= 11 is 7.59. The number of halogens is 1. The highest BCUT2D eigenvalue weighted by Gasteiger charge is 2.19. The molecular formula is C21H18ClNOS. The number of benzene rings is 3. The highest BCUT2D eigenvalue weighted by Crippen LogP contribution is 2.41. The topological polar surface area (TPSA) is 43.1 Å². The number of hydrogen-bond donors (Lipinski definition) is 1. The second kappa shape index (κ2) is 8.24. The molecule has 1 atom stereocenters. The summed E-state index contributed by atoms with van der Waals surface area (Å²) in [5, 5.41) is 0.593. The standard InChI is InChI=1S/C21H18ClNOS/c22-17-11-12-20(18(23)13-17)25-21(16-9-5-2-6-10-16)14-19(24)15-7-3-1-4-8-15/h1-13,21H,14,23H2. The first-order valence-electron chi connectivity index (χ1n) is 7.98. The second-order valence-corrected chi connectivity index (χ2v) is 7.37. The maximum atomic E-state index is 12.7. The molecule has 0 fully saturated rings. The van der Waals surface area contributed by atoms with Crippen LogP contribution in [0.5, 0.6) is 0 Å². The van der Waals surface area contributed by atoms with Crippen molar-refractivity contribution in [1.29, 1.82) is 0 Å². The number of anilines is 1. The van der Waals surface area contributed by atoms with Crippen LogP contribution in [0.1, 0.15) is 27.6 Å². The quantitative estimate of drug-likeness (QED) is 0.328. The van der Waals surface area contributed by atoms with Crippen LogP contribution < -0.4 is 5.73 Å². The minimum Gasteiger partial charge on any atom is -0.398 e. The molecule has 0 radical (unpaired) electrons. The Labute approximate surface area is 157 Å². The van der Waals surface area contributed by atoms with Gasteiger partial charge >= 0.3 is 0 Å². The van der Waals surface area contributed by atoms with Gasteiger partial charge in [0, 0.05) is 32.8 Å². The normalized spacial score (nSPS) is 11.9. The van der Waals surface area contributed by atoms with Gasteiger partial charge in [0.25, 0.3) is 0 Å². The summed E-state index contributed by atoms with van der Waals surface area (Å²) < 4.78 is 0. The molecule has 0 saturated heterocycles. The van der Waals surface area contributed by atoms with E-state index in [0.717, 1.165) is 16.0 Å². The maximum absolute atomic E-state index is 12.7. The van der Waals surface area contributed by atoms with Gasteiger partial charge in [0.05, 0.1) is 0 Å². The van der Waals surface area contributed by atoms with Crippen LogP contribution in [-0.2, 0) is 0 Å². The van der Waals surface area contributed by atoms with Crippen LogP contribution in [0.3, 0.4) is 0 Å². The number of carbonyl (C=O) groups excluding carboxylic acids is 1. The molecule has 4 heteroatoms. The van der Waals surface area contributed by atoms with Crippen LogP contribution >= 0.6 is 23.4 Å². The number of nitrogens with two attached hydrogens (primary N) is 1. The summed E-state index contributed by atoms with van der Waals surface area (Å²) in [5.74, 6) is 0.120. The maximum Gasteiger partial charge on any atom is 0.164 e. The van der Waals surface area contributed by atoms with Gasteiger partial charge in [-0.05, 0) is 23.8 Å². The van der Waals surface area contributed by atoms with E-state index in [1.165, 1.54) is 0 Å². The van der Waals surface area contributed by atoms with Crippen molar-refractivity contribution in [2.75, 3.05) is 5.73 Å². The molecule has 2 nitrogen and oxygen atoms in total. The third-order valence-electron chi connectivity index (χ3n) is 3.88. The molecule has 0 bridgehead atoms. The Hall–Kier alpha value is -2.23. The van der Waals surface area contributed by atoms with E-state index in [-0.39, 0.29) is 11.0 Å². The third-order valence-corrected chi connectivity index (χ3v) is 5.46. The predicted molar refractivity (Wildman–Crippen MR) is 106 cm³/mol. The van der Waals surface area contributed by atoms with E-state index in [0.29, 0.717) is 17.1 Å². The van der Waals surface area contributed by atoms with Crippen LogP contribution in [0.4, 0.5) is 5.69 Å². The van der Waals surface area contributed by atoms with Crippen LogP contribution in [0.15, 0.2) is 83.8 Å². The van der Waals surface area contributed by atoms with Crippen molar-refractivity contribution < 1.29 is 4.79 Å². The van der Waals surface area contributed by atoms with Crippen molar-refractivity contribution in [3.63, 3.8) is 0 Å². The smallest absolute Gasteiger partial charge is 0.164 e. The average Bonchev–Trinajstić information content (AvgIpc) is 2.64. The molecule has 0 spiro atoms. The fourth-order valence-corrected chi connectivity index (χ4v) is 3.94. The minimum atomic E-state index is -0.0163. The van der Waals surface area contributed by atoms with Crippen molar-refractivity contribution in [3.8, 4) is 0 Å².